The Morgan fingerprint density at radius 1 is 0.912 bits per heavy atom. The zero-order valence-electron chi connectivity index (χ0n) is 22.4. The van der Waals surface area contributed by atoms with Crippen molar-refractivity contribution in [1.82, 2.24) is 5.06 Å². The van der Waals surface area contributed by atoms with E-state index in [1.807, 2.05) is 12.1 Å². The Bertz CT molecular complexity index is 719. The van der Waals surface area contributed by atoms with Crippen LogP contribution in [0.1, 0.15) is 85.6 Å². The first-order valence-electron chi connectivity index (χ1n) is 13.4. The SMILES string of the molecule is CCCOC1(OCCC)CC(C)(C)N(OCCc2ccc(OCC3CO3)cc2)C(CC)(CC)C1. The topological polar surface area (TPSA) is 52.7 Å². The lowest BCUT2D eigenvalue weighted by Crippen LogP contribution is -2.68. The lowest BCUT2D eigenvalue weighted by atomic mass is 9.73. The molecular weight excluding hydrogens is 430 g/mol. The minimum atomic E-state index is -0.553. The van der Waals surface area contributed by atoms with Gasteiger partial charge in [0.15, 0.2) is 5.79 Å². The summed E-state index contributed by atoms with van der Waals surface area (Å²) >= 11 is 0. The number of epoxide rings is 1. The van der Waals surface area contributed by atoms with Crippen molar-refractivity contribution in [3.8, 4) is 5.75 Å². The second-order valence-electron chi connectivity index (χ2n) is 10.5. The molecule has 1 aromatic carbocycles. The third-order valence-electron chi connectivity index (χ3n) is 7.11. The van der Waals surface area contributed by atoms with Gasteiger partial charge in [-0.1, -0.05) is 39.8 Å². The molecule has 6 heteroatoms. The van der Waals surface area contributed by atoms with Crippen LogP contribution in [0.5, 0.6) is 5.75 Å². The molecule has 0 bridgehead atoms. The fraction of sp³-hybridized carbons (Fsp3) is 0.786. The van der Waals surface area contributed by atoms with Gasteiger partial charge in [-0.05, 0) is 63.6 Å². The minimum Gasteiger partial charge on any atom is -0.491 e. The van der Waals surface area contributed by atoms with Crippen molar-refractivity contribution in [2.24, 2.45) is 0 Å². The quantitative estimate of drug-likeness (QED) is 0.231. The van der Waals surface area contributed by atoms with Gasteiger partial charge in [0.05, 0.1) is 18.8 Å². The Balaban J connectivity index is 1.66. The molecule has 1 atom stereocenters. The molecule has 0 aliphatic carbocycles. The van der Waals surface area contributed by atoms with E-state index < -0.39 is 5.79 Å². The van der Waals surface area contributed by atoms with E-state index in [0.717, 1.165) is 70.5 Å². The fourth-order valence-corrected chi connectivity index (χ4v) is 5.29. The van der Waals surface area contributed by atoms with Gasteiger partial charge in [0.1, 0.15) is 18.5 Å². The Morgan fingerprint density at radius 2 is 1.53 bits per heavy atom. The highest BCUT2D eigenvalue weighted by Gasteiger charge is 2.57. The Morgan fingerprint density at radius 3 is 2.06 bits per heavy atom. The van der Waals surface area contributed by atoms with Crippen molar-refractivity contribution in [2.45, 2.75) is 109 Å². The molecule has 34 heavy (non-hydrogen) atoms. The second-order valence-corrected chi connectivity index (χ2v) is 10.5. The van der Waals surface area contributed by atoms with Crippen molar-refractivity contribution in [2.75, 3.05) is 33.0 Å². The number of hydrogen-bond donors (Lipinski definition) is 0. The van der Waals surface area contributed by atoms with Crippen LogP contribution in [0.3, 0.4) is 0 Å². The van der Waals surface area contributed by atoms with Gasteiger partial charge >= 0.3 is 0 Å². The monoisotopic (exact) mass is 477 g/mol. The molecule has 0 amide bonds. The summed E-state index contributed by atoms with van der Waals surface area (Å²) in [5.74, 6) is 0.340. The van der Waals surface area contributed by atoms with Gasteiger partial charge in [-0.2, -0.15) is 5.06 Å². The average Bonchev–Trinajstić information content (AvgIpc) is 3.66. The number of piperidine rings is 1. The van der Waals surface area contributed by atoms with Crippen molar-refractivity contribution < 1.29 is 23.8 Å². The molecule has 0 spiro atoms. The first kappa shape index (κ1) is 27.4. The minimum absolute atomic E-state index is 0.133. The van der Waals surface area contributed by atoms with Crippen LogP contribution < -0.4 is 4.74 Å². The van der Waals surface area contributed by atoms with E-state index in [0.29, 0.717) is 13.2 Å². The van der Waals surface area contributed by atoms with Crippen LogP contribution in [0.15, 0.2) is 24.3 Å². The number of ether oxygens (including phenoxy) is 4. The van der Waals surface area contributed by atoms with Crippen LogP contribution in [-0.4, -0.2) is 61.1 Å². The van der Waals surface area contributed by atoms with Crippen molar-refractivity contribution in [3.05, 3.63) is 29.8 Å². The van der Waals surface area contributed by atoms with Crippen LogP contribution in [0, 0.1) is 0 Å². The third-order valence-corrected chi connectivity index (χ3v) is 7.11. The molecular formula is C28H47NO5. The molecule has 2 aliphatic heterocycles. The summed E-state index contributed by atoms with van der Waals surface area (Å²) in [6, 6.07) is 8.33. The van der Waals surface area contributed by atoms with Crippen LogP contribution in [0.4, 0.5) is 0 Å². The van der Waals surface area contributed by atoms with E-state index >= 15 is 0 Å². The largest absolute Gasteiger partial charge is 0.491 e. The molecule has 194 valence electrons. The van der Waals surface area contributed by atoms with Crippen LogP contribution in [0.2, 0.25) is 0 Å². The first-order chi connectivity index (χ1) is 16.3. The Labute approximate surface area is 207 Å². The molecule has 1 aromatic rings. The van der Waals surface area contributed by atoms with Gasteiger partial charge < -0.3 is 18.9 Å². The summed E-state index contributed by atoms with van der Waals surface area (Å²) in [7, 11) is 0. The molecule has 2 heterocycles. The maximum atomic E-state index is 6.59. The van der Waals surface area contributed by atoms with Gasteiger partial charge in [0.2, 0.25) is 0 Å². The molecule has 0 radical (unpaired) electrons. The number of hydroxylamine groups is 2. The summed E-state index contributed by atoms with van der Waals surface area (Å²) in [6.45, 7) is 16.9. The molecule has 3 rings (SSSR count). The molecule has 2 aliphatic rings. The van der Waals surface area contributed by atoms with Gasteiger partial charge in [0.25, 0.3) is 0 Å². The van der Waals surface area contributed by atoms with Gasteiger partial charge in [-0.25, -0.2) is 0 Å². The van der Waals surface area contributed by atoms with E-state index in [9.17, 15) is 0 Å². The summed E-state index contributed by atoms with van der Waals surface area (Å²) < 4.78 is 23.9. The highest BCUT2D eigenvalue weighted by atomic mass is 16.7. The predicted molar refractivity (Wildman–Crippen MR) is 135 cm³/mol. The lowest BCUT2D eigenvalue weighted by molar-refractivity contribution is -0.364. The zero-order chi connectivity index (χ0) is 24.7. The Hall–Kier alpha value is -1.18. The van der Waals surface area contributed by atoms with Crippen LogP contribution in [-0.2, 0) is 25.5 Å². The first-order valence-corrected chi connectivity index (χ1v) is 13.4. The van der Waals surface area contributed by atoms with Crippen LogP contribution >= 0.6 is 0 Å². The number of hydrogen-bond acceptors (Lipinski definition) is 6. The molecule has 0 aromatic heterocycles. The van der Waals surface area contributed by atoms with Gasteiger partial charge in [-0.3, -0.25) is 4.84 Å². The number of nitrogens with zero attached hydrogens (tertiary/aromatic N) is 1. The molecule has 6 nitrogen and oxygen atoms in total. The van der Waals surface area contributed by atoms with Gasteiger partial charge in [0, 0.05) is 31.6 Å². The average molecular weight is 478 g/mol. The Kier molecular flexibility index (Phi) is 9.82. The number of rotatable bonds is 15. The predicted octanol–water partition coefficient (Wildman–Crippen LogP) is 5.92. The summed E-state index contributed by atoms with van der Waals surface area (Å²) in [6.07, 6.45) is 6.68. The maximum Gasteiger partial charge on any atom is 0.171 e. The maximum absolute atomic E-state index is 6.59. The van der Waals surface area contributed by atoms with E-state index in [2.05, 4.69) is 58.7 Å². The second kappa shape index (κ2) is 12.2. The molecule has 1 unspecified atom stereocenters. The highest BCUT2D eigenvalue weighted by molar-refractivity contribution is 5.27. The molecule has 0 N–H and O–H groups in total. The van der Waals surface area contributed by atoms with E-state index in [4.69, 9.17) is 23.8 Å². The molecule has 2 fully saturated rings. The van der Waals surface area contributed by atoms with Crippen molar-refractivity contribution >= 4 is 0 Å². The summed E-state index contributed by atoms with van der Waals surface area (Å²) in [5, 5.41) is 2.29. The van der Waals surface area contributed by atoms with Crippen molar-refractivity contribution in [1.29, 1.82) is 0 Å². The number of benzene rings is 1. The lowest BCUT2D eigenvalue weighted by Gasteiger charge is -2.59. The smallest absolute Gasteiger partial charge is 0.171 e. The standard InChI is InChI=1S/C28H47NO5/c1-7-16-32-28(33-17-8-2)21-26(5,6)29(27(9-3,10-4)22-28)34-18-15-23-11-13-24(14-12-23)30-19-25-20-31-25/h11-14,25H,7-10,15-22H2,1-6H3. The summed E-state index contributed by atoms with van der Waals surface area (Å²) in [5.41, 5.74) is 0.899. The summed E-state index contributed by atoms with van der Waals surface area (Å²) in [4.78, 5) is 6.59. The third kappa shape index (κ3) is 6.94. The van der Waals surface area contributed by atoms with Gasteiger partial charge in [-0.15, -0.1) is 0 Å². The van der Waals surface area contributed by atoms with Crippen molar-refractivity contribution in [3.63, 3.8) is 0 Å². The van der Waals surface area contributed by atoms with E-state index in [1.165, 1.54) is 5.56 Å². The highest BCUT2D eigenvalue weighted by Crippen LogP contribution is 2.49. The molecule has 2 saturated heterocycles. The normalized spacial score (nSPS) is 23.1. The molecule has 0 saturated carbocycles. The van der Waals surface area contributed by atoms with Crippen LogP contribution in [0.25, 0.3) is 0 Å². The van der Waals surface area contributed by atoms with E-state index in [-0.39, 0.29) is 17.2 Å². The fourth-order valence-electron chi connectivity index (χ4n) is 5.29. The zero-order valence-corrected chi connectivity index (χ0v) is 22.4. The van der Waals surface area contributed by atoms with E-state index in [1.54, 1.807) is 0 Å².